The van der Waals surface area contributed by atoms with Gasteiger partial charge in [0.2, 0.25) is 0 Å². The normalized spacial score (nSPS) is 11.9. The summed E-state index contributed by atoms with van der Waals surface area (Å²) in [5.41, 5.74) is 11.1. The Bertz CT molecular complexity index is 2540. The second-order valence-electron chi connectivity index (χ2n) is 15.8. The molecule has 53 heavy (non-hydrogen) atoms. The number of aromatic nitrogens is 4. The maximum Gasteiger partial charge on any atom is 0.166 e. The van der Waals surface area contributed by atoms with Gasteiger partial charge in [-0.15, -0.1) is 0 Å². The lowest BCUT2D eigenvalue weighted by atomic mass is 9.85. The predicted molar refractivity (Wildman–Crippen MR) is 218 cm³/mol. The van der Waals surface area contributed by atoms with Crippen molar-refractivity contribution in [2.75, 3.05) is 0 Å². The van der Waals surface area contributed by atoms with Crippen molar-refractivity contribution in [2.24, 2.45) is 0 Å². The van der Waals surface area contributed by atoms with Crippen LogP contribution in [0.4, 0.5) is 0 Å². The highest BCUT2D eigenvalue weighted by Gasteiger charge is 2.24. The standard InChI is InChI=1S/C48H41N5/c1-47(2,3)36-22-25-41-39(28-36)40-29-37(48(4,5)6)23-26-42(40)53(41)43-27-35(32-19-17-31(30-49)18-20-32)21-24-38(43)46-51-44(33-13-9-7-10-14-33)50-45(52-46)34-15-11-8-12-16-34/h7-29H,1-6H3. The number of benzene rings is 6. The molecule has 0 N–H and O–H groups in total. The van der Waals surface area contributed by atoms with Gasteiger partial charge in [0, 0.05) is 27.5 Å². The molecule has 5 nitrogen and oxygen atoms in total. The molecule has 0 bridgehead atoms. The lowest BCUT2D eigenvalue weighted by Crippen LogP contribution is -2.10. The zero-order valence-electron chi connectivity index (χ0n) is 31.0. The van der Waals surface area contributed by atoms with Crippen LogP contribution in [0.1, 0.15) is 58.2 Å². The van der Waals surface area contributed by atoms with Crippen LogP contribution in [-0.2, 0) is 10.8 Å². The second kappa shape index (κ2) is 13.0. The summed E-state index contributed by atoms with van der Waals surface area (Å²) in [5, 5.41) is 11.9. The molecule has 0 atom stereocenters. The predicted octanol–water partition coefficient (Wildman–Crippen LogP) is 12.1. The van der Waals surface area contributed by atoms with Crippen molar-refractivity contribution in [2.45, 2.75) is 52.4 Å². The molecule has 0 saturated carbocycles. The van der Waals surface area contributed by atoms with Crippen molar-refractivity contribution >= 4 is 21.8 Å². The smallest absolute Gasteiger partial charge is 0.166 e. The Morgan fingerprint density at radius 1 is 0.472 bits per heavy atom. The number of hydrogen-bond acceptors (Lipinski definition) is 4. The van der Waals surface area contributed by atoms with Crippen molar-refractivity contribution in [3.8, 4) is 57.0 Å². The average Bonchev–Trinajstić information content (AvgIpc) is 3.50. The van der Waals surface area contributed by atoms with Gasteiger partial charge >= 0.3 is 0 Å². The summed E-state index contributed by atoms with van der Waals surface area (Å²) in [7, 11) is 0. The van der Waals surface area contributed by atoms with E-state index in [0.29, 0.717) is 23.0 Å². The van der Waals surface area contributed by atoms with E-state index >= 15 is 0 Å². The topological polar surface area (TPSA) is 67.4 Å². The summed E-state index contributed by atoms with van der Waals surface area (Å²) in [6.45, 7) is 13.6. The zero-order valence-corrected chi connectivity index (χ0v) is 31.0. The number of hydrogen-bond donors (Lipinski definition) is 0. The first-order valence-electron chi connectivity index (χ1n) is 18.1. The molecule has 0 aliphatic rings. The van der Waals surface area contributed by atoms with Gasteiger partial charge < -0.3 is 4.57 Å². The zero-order chi connectivity index (χ0) is 36.9. The minimum absolute atomic E-state index is 0.0164. The van der Waals surface area contributed by atoms with Gasteiger partial charge in [0.15, 0.2) is 17.5 Å². The average molecular weight is 688 g/mol. The Kier molecular flexibility index (Phi) is 8.27. The molecule has 5 heteroatoms. The fraction of sp³-hybridized carbons (Fsp3) is 0.167. The molecule has 2 aromatic heterocycles. The summed E-state index contributed by atoms with van der Waals surface area (Å²) in [5.74, 6) is 1.82. The van der Waals surface area contributed by atoms with Crippen LogP contribution < -0.4 is 0 Å². The van der Waals surface area contributed by atoms with Gasteiger partial charge in [-0.05, 0) is 81.6 Å². The second-order valence-corrected chi connectivity index (χ2v) is 15.8. The van der Waals surface area contributed by atoms with E-state index < -0.39 is 0 Å². The molecule has 0 saturated heterocycles. The molecule has 0 unspecified atom stereocenters. The molecule has 0 aliphatic carbocycles. The van der Waals surface area contributed by atoms with E-state index in [1.54, 1.807) is 0 Å². The molecular weight excluding hydrogens is 647 g/mol. The lowest BCUT2D eigenvalue weighted by Gasteiger charge is -2.19. The van der Waals surface area contributed by atoms with Crippen LogP contribution in [0.2, 0.25) is 0 Å². The molecule has 0 amide bonds. The SMILES string of the molecule is CC(C)(C)c1ccc2c(c1)c1cc(C(C)(C)C)ccc1n2-c1cc(-c2ccc(C#N)cc2)ccc1-c1nc(-c2ccccc2)nc(-c2ccccc2)n1. The minimum atomic E-state index is -0.0164. The highest BCUT2D eigenvalue weighted by Crippen LogP contribution is 2.41. The third kappa shape index (κ3) is 6.38. The Balaban J connectivity index is 1.47. The molecule has 0 aliphatic heterocycles. The Labute approximate surface area is 311 Å². The van der Waals surface area contributed by atoms with Crippen LogP contribution in [0, 0.1) is 11.3 Å². The van der Waals surface area contributed by atoms with Crippen LogP contribution in [0.25, 0.3) is 72.8 Å². The Morgan fingerprint density at radius 2 is 0.943 bits per heavy atom. The van der Waals surface area contributed by atoms with E-state index in [1.807, 2.05) is 84.9 Å². The first-order valence-corrected chi connectivity index (χ1v) is 18.1. The van der Waals surface area contributed by atoms with Crippen molar-refractivity contribution < 1.29 is 0 Å². The van der Waals surface area contributed by atoms with Crippen LogP contribution in [0.5, 0.6) is 0 Å². The van der Waals surface area contributed by atoms with Gasteiger partial charge in [0.1, 0.15) is 0 Å². The highest BCUT2D eigenvalue weighted by molar-refractivity contribution is 6.10. The summed E-state index contributed by atoms with van der Waals surface area (Å²) >= 11 is 0. The number of fused-ring (bicyclic) bond motifs is 3. The van der Waals surface area contributed by atoms with Crippen molar-refractivity contribution in [1.82, 2.24) is 19.5 Å². The summed E-state index contributed by atoms with van der Waals surface area (Å²) in [6.07, 6.45) is 0. The maximum absolute atomic E-state index is 9.51. The molecule has 0 fully saturated rings. The van der Waals surface area contributed by atoms with Gasteiger partial charge in [-0.2, -0.15) is 5.26 Å². The van der Waals surface area contributed by atoms with E-state index in [2.05, 4.69) is 107 Å². The molecular formula is C48H41N5. The van der Waals surface area contributed by atoms with E-state index in [9.17, 15) is 5.26 Å². The number of rotatable bonds is 5. The summed E-state index contributed by atoms with van der Waals surface area (Å²) < 4.78 is 2.38. The van der Waals surface area contributed by atoms with E-state index in [0.717, 1.165) is 44.5 Å². The molecule has 8 rings (SSSR count). The van der Waals surface area contributed by atoms with Crippen molar-refractivity contribution in [1.29, 1.82) is 5.26 Å². The molecule has 258 valence electrons. The molecule has 2 heterocycles. The van der Waals surface area contributed by atoms with Crippen LogP contribution in [-0.4, -0.2) is 19.5 Å². The van der Waals surface area contributed by atoms with Gasteiger partial charge in [0.05, 0.1) is 28.4 Å². The lowest BCUT2D eigenvalue weighted by molar-refractivity contribution is 0.590. The molecule has 8 aromatic rings. The largest absolute Gasteiger partial charge is 0.308 e. The first kappa shape index (κ1) is 33.7. The van der Waals surface area contributed by atoms with Gasteiger partial charge in [-0.3, -0.25) is 0 Å². The van der Waals surface area contributed by atoms with E-state index in [4.69, 9.17) is 15.0 Å². The van der Waals surface area contributed by atoms with Gasteiger partial charge in [-0.1, -0.05) is 133 Å². The fourth-order valence-electron chi connectivity index (χ4n) is 6.97. The van der Waals surface area contributed by atoms with Gasteiger partial charge in [-0.25, -0.2) is 15.0 Å². The van der Waals surface area contributed by atoms with Crippen LogP contribution in [0.15, 0.2) is 140 Å². The minimum Gasteiger partial charge on any atom is -0.308 e. The first-order chi connectivity index (χ1) is 25.5. The third-order valence-electron chi connectivity index (χ3n) is 10.0. The quantitative estimate of drug-likeness (QED) is 0.181. The summed E-state index contributed by atoms with van der Waals surface area (Å²) in [6, 6.07) is 50.5. The molecule has 0 radical (unpaired) electrons. The third-order valence-corrected chi connectivity index (χ3v) is 10.0. The number of nitriles is 1. The number of nitrogens with zero attached hydrogens (tertiary/aromatic N) is 5. The van der Waals surface area contributed by atoms with Crippen LogP contribution in [0.3, 0.4) is 0 Å². The fourth-order valence-corrected chi connectivity index (χ4v) is 6.97. The molecule has 0 spiro atoms. The molecule has 6 aromatic carbocycles. The summed E-state index contributed by atoms with van der Waals surface area (Å²) in [4.78, 5) is 15.3. The maximum atomic E-state index is 9.51. The van der Waals surface area contributed by atoms with E-state index in [1.165, 1.54) is 21.9 Å². The Morgan fingerprint density at radius 3 is 1.42 bits per heavy atom. The highest BCUT2D eigenvalue weighted by atomic mass is 15.1. The van der Waals surface area contributed by atoms with Crippen molar-refractivity contribution in [3.63, 3.8) is 0 Å². The monoisotopic (exact) mass is 687 g/mol. The van der Waals surface area contributed by atoms with Gasteiger partial charge in [0.25, 0.3) is 0 Å². The van der Waals surface area contributed by atoms with Crippen molar-refractivity contribution in [3.05, 3.63) is 156 Å². The van der Waals surface area contributed by atoms with Crippen LogP contribution >= 0.6 is 0 Å². The van der Waals surface area contributed by atoms with E-state index in [-0.39, 0.29) is 10.8 Å². The Hall–Kier alpha value is -6.38.